The van der Waals surface area contributed by atoms with Gasteiger partial charge in [0.25, 0.3) is 0 Å². The first-order valence-electron chi connectivity index (χ1n) is 4.47. The zero-order valence-electron chi connectivity index (χ0n) is 7.96. The van der Waals surface area contributed by atoms with Crippen molar-refractivity contribution in [2.24, 2.45) is 0 Å². The van der Waals surface area contributed by atoms with E-state index in [-0.39, 0.29) is 5.78 Å². The van der Waals surface area contributed by atoms with E-state index in [4.69, 9.17) is 10.5 Å². The van der Waals surface area contributed by atoms with Crippen molar-refractivity contribution in [1.29, 1.82) is 0 Å². The van der Waals surface area contributed by atoms with Crippen LogP contribution in [0.15, 0.2) is 12.1 Å². The number of carbonyl (C=O) groups excluding carboxylic acids is 1. The smallest absolute Gasteiger partial charge is 0.170 e. The van der Waals surface area contributed by atoms with Gasteiger partial charge in [0, 0.05) is 13.0 Å². The maximum Gasteiger partial charge on any atom is 0.170 e. The number of fused-ring (bicyclic) bond motifs is 1. The van der Waals surface area contributed by atoms with Gasteiger partial charge in [0.2, 0.25) is 0 Å². The molecule has 0 amide bonds. The van der Waals surface area contributed by atoms with Crippen molar-refractivity contribution in [3.63, 3.8) is 0 Å². The van der Waals surface area contributed by atoms with E-state index >= 15 is 0 Å². The lowest BCUT2D eigenvalue weighted by Gasteiger charge is -2.20. The Morgan fingerprint density at radius 3 is 3.00 bits per heavy atom. The molecule has 1 aromatic carbocycles. The number of carbonyl (C=O) groups is 1. The predicted molar refractivity (Wildman–Crippen MR) is 54.8 cm³/mol. The molecule has 74 valence electrons. The zero-order valence-corrected chi connectivity index (χ0v) is 7.96. The van der Waals surface area contributed by atoms with Crippen molar-refractivity contribution < 1.29 is 9.53 Å². The van der Waals surface area contributed by atoms with Gasteiger partial charge in [0.1, 0.15) is 5.75 Å². The van der Waals surface area contributed by atoms with Crippen molar-refractivity contribution >= 4 is 17.2 Å². The number of hydrogen-bond acceptors (Lipinski definition) is 4. The summed E-state index contributed by atoms with van der Waals surface area (Å²) in [4.78, 5) is 11.6. The molecule has 0 bridgehead atoms. The molecule has 0 saturated carbocycles. The summed E-state index contributed by atoms with van der Waals surface area (Å²) >= 11 is 0. The number of Topliss-reactive ketones (excluding diaryl/α,β-unsaturated/α-hetero) is 1. The van der Waals surface area contributed by atoms with E-state index in [0.29, 0.717) is 35.7 Å². The lowest BCUT2D eigenvalue weighted by atomic mass is 10.00. The first kappa shape index (κ1) is 8.87. The van der Waals surface area contributed by atoms with Gasteiger partial charge in [-0.15, -0.1) is 0 Å². The summed E-state index contributed by atoms with van der Waals surface area (Å²) in [6.07, 6.45) is 0.493. The monoisotopic (exact) mass is 192 g/mol. The van der Waals surface area contributed by atoms with Gasteiger partial charge in [-0.05, 0) is 12.1 Å². The summed E-state index contributed by atoms with van der Waals surface area (Å²) in [5.41, 5.74) is 7.64. The second-order valence-corrected chi connectivity index (χ2v) is 3.21. The summed E-state index contributed by atoms with van der Waals surface area (Å²) in [6, 6.07) is 3.46. The van der Waals surface area contributed by atoms with E-state index in [0.717, 1.165) is 0 Å². The number of nitrogens with two attached hydrogens (primary N) is 1. The number of nitrogens with one attached hydrogen (secondary N) is 1. The number of hydrogen-bond donors (Lipinski definition) is 2. The van der Waals surface area contributed by atoms with Crippen LogP contribution in [-0.4, -0.2) is 19.4 Å². The Bertz CT molecular complexity index is 388. The minimum atomic E-state index is 0.0860. The van der Waals surface area contributed by atoms with E-state index in [1.807, 2.05) is 0 Å². The number of anilines is 2. The van der Waals surface area contributed by atoms with Crippen LogP contribution >= 0.6 is 0 Å². The third-order valence-corrected chi connectivity index (χ3v) is 2.35. The topological polar surface area (TPSA) is 64.3 Å². The highest BCUT2D eigenvalue weighted by Gasteiger charge is 2.22. The molecule has 4 heteroatoms. The zero-order chi connectivity index (χ0) is 10.1. The molecular formula is C10H12N2O2. The highest BCUT2D eigenvalue weighted by Crippen LogP contribution is 2.35. The molecule has 0 aromatic heterocycles. The van der Waals surface area contributed by atoms with Crippen LogP contribution in [0, 0.1) is 0 Å². The Labute approximate surface area is 82.1 Å². The Kier molecular flexibility index (Phi) is 2.04. The Balaban J connectivity index is 2.64. The van der Waals surface area contributed by atoms with Gasteiger partial charge in [-0.25, -0.2) is 0 Å². The summed E-state index contributed by atoms with van der Waals surface area (Å²) in [5, 5.41) is 3.11. The Morgan fingerprint density at radius 2 is 2.29 bits per heavy atom. The highest BCUT2D eigenvalue weighted by atomic mass is 16.5. The molecule has 0 atom stereocenters. The number of ether oxygens (including phenoxy) is 1. The molecule has 3 N–H and O–H groups in total. The summed E-state index contributed by atoms with van der Waals surface area (Å²) < 4.78 is 5.12. The second-order valence-electron chi connectivity index (χ2n) is 3.21. The quantitative estimate of drug-likeness (QED) is 0.658. The van der Waals surface area contributed by atoms with Crippen LogP contribution in [0.5, 0.6) is 5.75 Å². The van der Waals surface area contributed by atoms with Crippen LogP contribution in [-0.2, 0) is 0 Å². The van der Waals surface area contributed by atoms with Gasteiger partial charge in [0.15, 0.2) is 5.78 Å². The first-order chi connectivity index (χ1) is 6.74. The molecule has 1 aliphatic heterocycles. The minimum Gasteiger partial charge on any atom is -0.496 e. The van der Waals surface area contributed by atoms with Crippen LogP contribution in [0.2, 0.25) is 0 Å². The molecule has 0 spiro atoms. The number of ketones is 1. The normalized spacial score (nSPS) is 14.5. The molecule has 0 fully saturated rings. The number of nitrogen functional groups attached to an aromatic ring is 1. The molecular weight excluding hydrogens is 180 g/mol. The number of benzene rings is 1. The van der Waals surface area contributed by atoms with Crippen molar-refractivity contribution in [3.05, 3.63) is 17.7 Å². The molecule has 0 unspecified atom stereocenters. The summed E-state index contributed by atoms with van der Waals surface area (Å²) in [7, 11) is 1.55. The number of methoxy groups -OCH3 is 1. The van der Waals surface area contributed by atoms with Gasteiger partial charge < -0.3 is 15.8 Å². The molecule has 1 heterocycles. The average molecular weight is 192 g/mol. The SMILES string of the molecule is COc1ccc(N)c2c1C(=O)CCN2. The first-order valence-corrected chi connectivity index (χ1v) is 4.47. The second kappa shape index (κ2) is 3.21. The summed E-state index contributed by atoms with van der Waals surface area (Å²) in [5.74, 6) is 0.675. The molecule has 0 saturated heterocycles. The molecule has 14 heavy (non-hydrogen) atoms. The van der Waals surface area contributed by atoms with Crippen molar-refractivity contribution in [2.75, 3.05) is 24.7 Å². The van der Waals surface area contributed by atoms with Gasteiger partial charge in [-0.3, -0.25) is 4.79 Å². The van der Waals surface area contributed by atoms with Gasteiger partial charge in [0.05, 0.1) is 24.0 Å². The van der Waals surface area contributed by atoms with Crippen molar-refractivity contribution in [1.82, 2.24) is 0 Å². The van der Waals surface area contributed by atoms with Gasteiger partial charge in [-0.2, -0.15) is 0 Å². The fraction of sp³-hybridized carbons (Fsp3) is 0.300. The van der Waals surface area contributed by atoms with E-state index in [2.05, 4.69) is 5.32 Å². The number of rotatable bonds is 1. The fourth-order valence-electron chi connectivity index (χ4n) is 1.66. The van der Waals surface area contributed by atoms with E-state index in [1.165, 1.54) is 0 Å². The third-order valence-electron chi connectivity index (χ3n) is 2.35. The van der Waals surface area contributed by atoms with E-state index in [9.17, 15) is 4.79 Å². The van der Waals surface area contributed by atoms with E-state index in [1.54, 1.807) is 19.2 Å². The van der Waals surface area contributed by atoms with Gasteiger partial charge >= 0.3 is 0 Å². The summed E-state index contributed by atoms with van der Waals surface area (Å²) in [6.45, 7) is 0.642. The fourth-order valence-corrected chi connectivity index (χ4v) is 1.66. The van der Waals surface area contributed by atoms with Crippen LogP contribution in [0.3, 0.4) is 0 Å². The molecule has 1 aliphatic rings. The lowest BCUT2D eigenvalue weighted by molar-refractivity contribution is 0.0981. The standard InChI is InChI=1S/C10H12N2O2/c1-14-8-3-2-6(11)10-9(8)7(13)4-5-12-10/h2-3,12H,4-5,11H2,1H3. The van der Waals surface area contributed by atoms with Crippen LogP contribution in [0.1, 0.15) is 16.8 Å². The van der Waals surface area contributed by atoms with Crippen LogP contribution < -0.4 is 15.8 Å². The van der Waals surface area contributed by atoms with Crippen molar-refractivity contribution in [3.8, 4) is 5.75 Å². The van der Waals surface area contributed by atoms with Crippen LogP contribution in [0.4, 0.5) is 11.4 Å². The molecule has 0 radical (unpaired) electrons. The predicted octanol–water partition coefficient (Wildman–Crippen LogP) is 1.28. The Hall–Kier alpha value is -1.71. The van der Waals surface area contributed by atoms with Gasteiger partial charge in [-0.1, -0.05) is 0 Å². The minimum absolute atomic E-state index is 0.0860. The third kappa shape index (κ3) is 1.19. The van der Waals surface area contributed by atoms with Crippen molar-refractivity contribution in [2.45, 2.75) is 6.42 Å². The maximum absolute atomic E-state index is 11.6. The molecule has 1 aromatic rings. The molecule has 4 nitrogen and oxygen atoms in total. The highest BCUT2D eigenvalue weighted by molar-refractivity contribution is 6.07. The molecule has 2 rings (SSSR count). The van der Waals surface area contributed by atoms with Crippen LogP contribution in [0.25, 0.3) is 0 Å². The maximum atomic E-state index is 11.6. The Morgan fingerprint density at radius 1 is 1.50 bits per heavy atom. The van der Waals surface area contributed by atoms with E-state index < -0.39 is 0 Å². The molecule has 0 aliphatic carbocycles. The average Bonchev–Trinajstić information content (AvgIpc) is 2.20. The lowest BCUT2D eigenvalue weighted by Crippen LogP contribution is -2.20. The largest absolute Gasteiger partial charge is 0.496 e.